The lowest BCUT2D eigenvalue weighted by atomic mass is 10.1. The molecule has 0 spiro atoms. The quantitative estimate of drug-likeness (QED) is 0.447. The molecule has 1 fully saturated rings. The van der Waals surface area contributed by atoms with Gasteiger partial charge in [-0.2, -0.15) is 0 Å². The summed E-state index contributed by atoms with van der Waals surface area (Å²) in [6, 6.07) is 9.01. The van der Waals surface area contributed by atoms with Crippen molar-refractivity contribution in [2.75, 3.05) is 19.8 Å². The van der Waals surface area contributed by atoms with Crippen LogP contribution in [-0.2, 0) is 22.6 Å². The Bertz CT molecular complexity index is 601. The van der Waals surface area contributed by atoms with Crippen LogP contribution in [0.3, 0.4) is 0 Å². The van der Waals surface area contributed by atoms with Crippen LogP contribution in [0, 0.1) is 0 Å². The zero-order chi connectivity index (χ0) is 18.0. The van der Waals surface area contributed by atoms with Gasteiger partial charge in [-0.1, -0.05) is 36.4 Å². The van der Waals surface area contributed by atoms with Crippen LogP contribution >= 0.6 is 0 Å². The minimum absolute atomic E-state index is 0.329. The van der Waals surface area contributed by atoms with E-state index in [0.717, 1.165) is 51.4 Å². The van der Waals surface area contributed by atoms with E-state index < -0.39 is 0 Å². The summed E-state index contributed by atoms with van der Waals surface area (Å²) < 4.78 is 11.4. The van der Waals surface area contributed by atoms with Crippen molar-refractivity contribution in [3.63, 3.8) is 0 Å². The van der Waals surface area contributed by atoms with Crippen LogP contribution in [0.15, 0.2) is 41.4 Å². The van der Waals surface area contributed by atoms with Gasteiger partial charge in [-0.25, -0.2) is 4.99 Å². The summed E-state index contributed by atoms with van der Waals surface area (Å²) in [5, 5.41) is 6.85. The molecule has 142 valence electrons. The van der Waals surface area contributed by atoms with Crippen molar-refractivity contribution < 1.29 is 9.47 Å². The lowest BCUT2D eigenvalue weighted by Crippen LogP contribution is -2.42. The van der Waals surface area contributed by atoms with E-state index in [9.17, 15) is 0 Å². The SMILES string of the molecule is CCNC(=NCc1cccc(COC2CCOCC2)c1)NC1CC=CC1. The second-order valence-corrected chi connectivity index (χ2v) is 6.92. The van der Waals surface area contributed by atoms with Crippen LogP contribution in [0.5, 0.6) is 0 Å². The molecule has 0 amide bonds. The van der Waals surface area contributed by atoms with E-state index in [1.165, 1.54) is 11.1 Å². The molecule has 5 heteroatoms. The van der Waals surface area contributed by atoms with Gasteiger partial charge < -0.3 is 20.1 Å². The number of nitrogens with zero attached hydrogens (tertiary/aromatic N) is 1. The molecule has 0 radical (unpaired) electrons. The van der Waals surface area contributed by atoms with Crippen molar-refractivity contribution in [1.29, 1.82) is 0 Å². The molecule has 26 heavy (non-hydrogen) atoms. The Morgan fingerprint density at radius 1 is 1.19 bits per heavy atom. The number of benzene rings is 1. The number of aliphatic imine (C=N–C) groups is 1. The molecule has 0 saturated carbocycles. The van der Waals surface area contributed by atoms with Gasteiger partial charge in [0, 0.05) is 25.8 Å². The maximum Gasteiger partial charge on any atom is 0.191 e. The average molecular weight is 357 g/mol. The van der Waals surface area contributed by atoms with Gasteiger partial charge in [-0.05, 0) is 43.7 Å². The van der Waals surface area contributed by atoms with E-state index in [0.29, 0.717) is 25.3 Å². The highest BCUT2D eigenvalue weighted by atomic mass is 16.5. The topological polar surface area (TPSA) is 54.9 Å². The Balaban J connectivity index is 1.52. The molecule has 0 atom stereocenters. The first kappa shape index (κ1) is 18.9. The number of guanidine groups is 1. The Labute approximate surface area is 156 Å². The Kier molecular flexibility index (Phi) is 7.52. The van der Waals surface area contributed by atoms with Crippen molar-refractivity contribution in [3.8, 4) is 0 Å². The van der Waals surface area contributed by atoms with Gasteiger partial charge in [0.05, 0.1) is 19.3 Å². The number of hydrogen-bond acceptors (Lipinski definition) is 3. The van der Waals surface area contributed by atoms with E-state index >= 15 is 0 Å². The highest BCUT2D eigenvalue weighted by Gasteiger charge is 2.14. The van der Waals surface area contributed by atoms with Crippen molar-refractivity contribution in [2.45, 2.75) is 57.9 Å². The molecule has 1 aromatic rings. The molecule has 3 rings (SSSR count). The van der Waals surface area contributed by atoms with Gasteiger partial charge in [0.2, 0.25) is 0 Å². The molecular formula is C21H31N3O2. The molecule has 1 aromatic carbocycles. The van der Waals surface area contributed by atoms with Crippen molar-refractivity contribution >= 4 is 5.96 Å². The van der Waals surface area contributed by atoms with Gasteiger partial charge in [0.15, 0.2) is 5.96 Å². The molecule has 0 aromatic heterocycles. The molecule has 1 aliphatic carbocycles. The number of ether oxygens (including phenoxy) is 2. The zero-order valence-electron chi connectivity index (χ0n) is 15.7. The standard InChI is InChI=1S/C21H31N3O2/c1-2-22-21(24-19-8-3-4-9-19)23-15-17-6-5-7-18(14-17)16-26-20-10-12-25-13-11-20/h3-7,14,19-20H,2,8-13,15-16H2,1H3,(H2,22,23,24). The molecule has 1 aliphatic heterocycles. The smallest absolute Gasteiger partial charge is 0.191 e. The van der Waals surface area contributed by atoms with Gasteiger partial charge in [-0.3, -0.25) is 0 Å². The number of nitrogens with one attached hydrogen (secondary N) is 2. The zero-order valence-corrected chi connectivity index (χ0v) is 15.7. The highest BCUT2D eigenvalue weighted by Crippen LogP contribution is 2.15. The minimum Gasteiger partial charge on any atom is -0.381 e. The van der Waals surface area contributed by atoms with Crippen LogP contribution in [0.4, 0.5) is 0 Å². The highest BCUT2D eigenvalue weighted by molar-refractivity contribution is 5.80. The van der Waals surface area contributed by atoms with Crippen LogP contribution in [0.25, 0.3) is 0 Å². The third kappa shape index (κ3) is 6.15. The molecule has 0 unspecified atom stereocenters. The van der Waals surface area contributed by atoms with Crippen LogP contribution < -0.4 is 10.6 Å². The number of hydrogen-bond donors (Lipinski definition) is 2. The summed E-state index contributed by atoms with van der Waals surface area (Å²) in [5.74, 6) is 0.894. The predicted molar refractivity (Wildman–Crippen MR) is 105 cm³/mol. The molecule has 5 nitrogen and oxygen atoms in total. The first-order chi connectivity index (χ1) is 12.8. The summed E-state index contributed by atoms with van der Waals surface area (Å²) in [6.07, 6.45) is 8.92. The molecule has 2 N–H and O–H groups in total. The van der Waals surface area contributed by atoms with Crippen LogP contribution in [-0.4, -0.2) is 37.9 Å². The normalized spacial score (nSPS) is 19.0. The lowest BCUT2D eigenvalue weighted by Gasteiger charge is -2.22. The second kappa shape index (κ2) is 10.3. The molecule has 2 aliphatic rings. The van der Waals surface area contributed by atoms with E-state index in [4.69, 9.17) is 14.5 Å². The van der Waals surface area contributed by atoms with Crippen LogP contribution in [0.1, 0.15) is 43.7 Å². The summed E-state index contributed by atoms with van der Waals surface area (Å²) in [6.45, 7) is 5.92. The van der Waals surface area contributed by atoms with Gasteiger partial charge in [0.25, 0.3) is 0 Å². The second-order valence-electron chi connectivity index (χ2n) is 6.92. The largest absolute Gasteiger partial charge is 0.381 e. The van der Waals surface area contributed by atoms with E-state index in [-0.39, 0.29) is 0 Å². The fraction of sp³-hybridized carbons (Fsp3) is 0.571. The Morgan fingerprint density at radius 2 is 1.96 bits per heavy atom. The van der Waals surface area contributed by atoms with Crippen molar-refractivity contribution in [3.05, 3.63) is 47.5 Å². The van der Waals surface area contributed by atoms with Gasteiger partial charge in [0.1, 0.15) is 0 Å². The van der Waals surface area contributed by atoms with Gasteiger partial charge >= 0.3 is 0 Å². The third-order valence-corrected chi connectivity index (χ3v) is 4.76. The third-order valence-electron chi connectivity index (χ3n) is 4.76. The fourth-order valence-electron chi connectivity index (χ4n) is 3.29. The molecular weight excluding hydrogens is 326 g/mol. The minimum atomic E-state index is 0.329. The van der Waals surface area contributed by atoms with Crippen molar-refractivity contribution in [2.24, 2.45) is 4.99 Å². The molecule has 1 saturated heterocycles. The van der Waals surface area contributed by atoms with E-state index in [1.54, 1.807) is 0 Å². The van der Waals surface area contributed by atoms with Crippen LogP contribution in [0.2, 0.25) is 0 Å². The maximum absolute atomic E-state index is 6.03. The summed E-state index contributed by atoms with van der Waals surface area (Å²) in [7, 11) is 0. The van der Waals surface area contributed by atoms with E-state index in [1.807, 2.05) is 0 Å². The first-order valence-corrected chi connectivity index (χ1v) is 9.80. The summed E-state index contributed by atoms with van der Waals surface area (Å²) in [5.41, 5.74) is 2.42. The Morgan fingerprint density at radius 3 is 2.73 bits per heavy atom. The van der Waals surface area contributed by atoms with Crippen molar-refractivity contribution in [1.82, 2.24) is 10.6 Å². The number of rotatable bonds is 7. The monoisotopic (exact) mass is 357 g/mol. The maximum atomic E-state index is 6.03. The summed E-state index contributed by atoms with van der Waals surface area (Å²) >= 11 is 0. The molecule has 0 bridgehead atoms. The average Bonchev–Trinajstić information content (AvgIpc) is 3.19. The first-order valence-electron chi connectivity index (χ1n) is 9.80. The fourth-order valence-corrected chi connectivity index (χ4v) is 3.29. The lowest BCUT2D eigenvalue weighted by molar-refractivity contribution is -0.0390. The van der Waals surface area contributed by atoms with Gasteiger partial charge in [-0.15, -0.1) is 0 Å². The predicted octanol–water partition coefficient (Wildman–Crippen LogP) is 3.16. The summed E-state index contributed by atoms with van der Waals surface area (Å²) in [4.78, 5) is 4.75. The molecule has 1 heterocycles. The van der Waals surface area contributed by atoms with E-state index in [2.05, 4.69) is 54.0 Å². The Hall–Kier alpha value is -1.85.